The van der Waals surface area contributed by atoms with Gasteiger partial charge in [-0.1, -0.05) is 55.7 Å². The van der Waals surface area contributed by atoms with E-state index in [4.69, 9.17) is 4.98 Å². The number of aromatic nitrogens is 1. The summed E-state index contributed by atoms with van der Waals surface area (Å²) in [5.74, 6) is 0.720. The number of aryl methyl sites for hydroxylation is 2. The second-order valence-corrected chi connectivity index (χ2v) is 11.0. The minimum Gasteiger partial charge on any atom is -0.380 e. The number of carbonyl (C=O) groups excluding carboxylic acids is 1. The summed E-state index contributed by atoms with van der Waals surface area (Å²) in [7, 11) is 0. The molecule has 1 aliphatic carbocycles. The molecule has 2 aliphatic heterocycles. The second-order valence-electron chi connectivity index (χ2n) is 11.0. The van der Waals surface area contributed by atoms with Crippen molar-refractivity contribution in [3.8, 4) is 0 Å². The molecule has 3 aromatic rings. The topological polar surface area (TPSA) is 48.5 Å². The molecule has 1 saturated heterocycles. The Morgan fingerprint density at radius 3 is 2.53 bits per heavy atom. The van der Waals surface area contributed by atoms with Crippen LogP contribution in [0.5, 0.6) is 0 Å². The highest BCUT2D eigenvalue weighted by atomic mass is 16.1. The highest BCUT2D eigenvalue weighted by Crippen LogP contribution is 2.33. The van der Waals surface area contributed by atoms with E-state index in [9.17, 15) is 4.79 Å². The van der Waals surface area contributed by atoms with Gasteiger partial charge in [-0.05, 0) is 56.4 Å². The van der Waals surface area contributed by atoms with Crippen molar-refractivity contribution in [1.82, 2.24) is 9.88 Å². The lowest BCUT2D eigenvalue weighted by atomic mass is 9.80. The third-order valence-corrected chi connectivity index (χ3v) is 8.63. The average molecular weight is 483 g/mol. The first-order valence-electron chi connectivity index (χ1n) is 13.9. The molecule has 0 amide bonds. The highest BCUT2D eigenvalue weighted by Gasteiger charge is 2.40. The number of piperazine rings is 1. The summed E-state index contributed by atoms with van der Waals surface area (Å²) >= 11 is 0. The van der Waals surface area contributed by atoms with Gasteiger partial charge in [0.15, 0.2) is 5.78 Å². The molecular weight excluding hydrogens is 444 g/mol. The van der Waals surface area contributed by atoms with E-state index in [0.717, 1.165) is 63.1 Å². The smallest absolute Gasteiger partial charge is 0.155 e. The molecule has 0 bridgehead atoms. The van der Waals surface area contributed by atoms with E-state index >= 15 is 0 Å². The van der Waals surface area contributed by atoms with Gasteiger partial charge in [0, 0.05) is 60.6 Å². The van der Waals surface area contributed by atoms with Crippen LogP contribution in [-0.2, 0) is 11.2 Å². The maximum Gasteiger partial charge on any atom is 0.155 e. The zero-order chi connectivity index (χ0) is 24.5. The van der Waals surface area contributed by atoms with E-state index in [1.165, 1.54) is 41.6 Å². The zero-order valence-electron chi connectivity index (χ0n) is 21.5. The van der Waals surface area contributed by atoms with Gasteiger partial charge in [-0.25, -0.2) is 0 Å². The van der Waals surface area contributed by atoms with Crippen LogP contribution in [0.3, 0.4) is 0 Å². The Balaban J connectivity index is 1.24. The monoisotopic (exact) mass is 482 g/mol. The number of rotatable bonds is 5. The average Bonchev–Trinajstić information content (AvgIpc) is 2.93. The Morgan fingerprint density at radius 1 is 0.944 bits per heavy atom. The van der Waals surface area contributed by atoms with Crippen molar-refractivity contribution in [3.05, 3.63) is 65.9 Å². The molecule has 3 aliphatic rings. The second kappa shape index (κ2) is 10.2. The van der Waals surface area contributed by atoms with Crippen molar-refractivity contribution in [2.45, 2.75) is 64.0 Å². The molecule has 0 radical (unpaired) electrons. The minimum absolute atomic E-state index is 0.0421. The van der Waals surface area contributed by atoms with Crippen LogP contribution in [0.15, 0.2) is 54.6 Å². The Kier molecular flexibility index (Phi) is 6.66. The predicted octanol–water partition coefficient (Wildman–Crippen LogP) is 5.61. The van der Waals surface area contributed by atoms with Crippen molar-refractivity contribution in [2.75, 3.05) is 36.4 Å². The first-order chi connectivity index (χ1) is 17.7. The molecule has 5 nitrogen and oxygen atoms in total. The van der Waals surface area contributed by atoms with E-state index in [0.29, 0.717) is 5.78 Å². The minimum atomic E-state index is -0.0421. The van der Waals surface area contributed by atoms with Gasteiger partial charge in [0.25, 0.3) is 0 Å². The number of pyridine rings is 1. The summed E-state index contributed by atoms with van der Waals surface area (Å²) in [6, 6.07) is 19.4. The number of ketones is 1. The van der Waals surface area contributed by atoms with Gasteiger partial charge in [0.05, 0.1) is 11.6 Å². The lowest BCUT2D eigenvalue weighted by molar-refractivity contribution is -0.130. The quantitative estimate of drug-likeness (QED) is 0.512. The van der Waals surface area contributed by atoms with Crippen LogP contribution >= 0.6 is 0 Å². The molecule has 2 fully saturated rings. The van der Waals surface area contributed by atoms with Crippen LogP contribution in [0.1, 0.15) is 49.8 Å². The third-order valence-electron chi connectivity index (χ3n) is 8.63. The fourth-order valence-electron chi connectivity index (χ4n) is 6.75. The van der Waals surface area contributed by atoms with Gasteiger partial charge in [-0.3, -0.25) is 14.7 Å². The first-order valence-corrected chi connectivity index (χ1v) is 13.9. The molecule has 1 N–H and O–H groups in total. The fourth-order valence-corrected chi connectivity index (χ4v) is 6.75. The molecular formula is C31H38N4O. The number of Topliss-reactive ketones (excluding diaryl/α,β-unsaturated/α-hetero) is 1. The standard InChI is InChI=1S/C31H38N4O/c1-22-21-29(25-12-6-8-14-27(25)32-22)34-17-19-35(20-18-34)30(31(36)24-10-3-2-4-11-24)28-16-15-23-9-5-7-13-26(23)33-28/h5-9,12-14,21,24,28,30,33H,2-4,10-11,15-20H2,1H3. The summed E-state index contributed by atoms with van der Waals surface area (Å²) in [5, 5.41) is 5.02. The first kappa shape index (κ1) is 23.5. The van der Waals surface area contributed by atoms with Gasteiger partial charge in [-0.2, -0.15) is 0 Å². The maximum atomic E-state index is 14.1. The van der Waals surface area contributed by atoms with Crippen molar-refractivity contribution in [3.63, 3.8) is 0 Å². The third kappa shape index (κ3) is 4.61. The molecule has 3 heterocycles. The number of para-hydroxylation sites is 2. The lowest BCUT2D eigenvalue weighted by Gasteiger charge is -2.45. The van der Waals surface area contributed by atoms with Crippen molar-refractivity contribution >= 4 is 28.1 Å². The van der Waals surface area contributed by atoms with Gasteiger partial charge >= 0.3 is 0 Å². The number of hydrogen-bond donors (Lipinski definition) is 1. The summed E-state index contributed by atoms with van der Waals surface area (Å²) in [5.41, 5.74) is 5.99. The van der Waals surface area contributed by atoms with Crippen LogP contribution in [0.4, 0.5) is 11.4 Å². The number of nitrogens with zero attached hydrogens (tertiary/aromatic N) is 3. The molecule has 2 unspecified atom stereocenters. The van der Waals surface area contributed by atoms with E-state index in [-0.39, 0.29) is 18.0 Å². The molecule has 36 heavy (non-hydrogen) atoms. The molecule has 5 heteroatoms. The maximum absolute atomic E-state index is 14.1. The Bertz CT molecular complexity index is 1230. The lowest BCUT2D eigenvalue weighted by Crippen LogP contribution is -2.60. The van der Waals surface area contributed by atoms with Gasteiger partial charge < -0.3 is 10.2 Å². The summed E-state index contributed by atoms with van der Waals surface area (Å²) < 4.78 is 0. The highest BCUT2D eigenvalue weighted by molar-refractivity contribution is 5.92. The van der Waals surface area contributed by atoms with E-state index in [2.05, 4.69) is 76.6 Å². The largest absolute Gasteiger partial charge is 0.380 e. The van der Waals surface area contributed by atoms with Crippen LogP contribution < -0.4 is 10.2 Å². The van der Waals surface area contributed by atoms with Gasteiger partial charge in [0.1, 0.15) is 0 Å². The van der Waals surface area contributed by atoms with E-state index in [1.807, 2.05) is 0 Å². The summed E-state index contributed by atoms with van der Waals surface area (Å²) in [4.78, 5) is 23.8. The van der Waals surface area contributed by atoms with Crippen molar-refractivity contribution in [1.29, 1.82) is 0 Å². The van der Waals surface area contributed by atoms with E-state index in [1.54, 1.807) is 0 Å². The normalized spacial score (nSPS) is 22.1. The molecule has 6 rings (SSSR count). The van der Waals surface area contributed by atoms with Gasteiger partial charge in [0.2, 0.25) is 0 Å². The number of nitrogens with one attached hydrogen (secondary N) is 1. The molecule has 0 spiro atoms. The van der Waals surface area contributed by atoms with E-state index < -0.39 is 0 Å². The molecule has 2 aromatic carbocycles. The fraction of sp³-hybridized carbons (Fsp3) is 0.484. The van der Waals surface area contributed by atoms with Crippen molar-refractivity contribution in [2.24, 2.45) is 5.92 Å². The summed E-state index contributed by atoms with van der Waals surface area (Å²) in [6.45, 7) is 5.78. The van der Waals surface area contributed by atoms with Gasteiger partial charge in [-0.15, -0.1) is 0 Å². The summed E-state index contributed by atoms with van der Waals surface area (Å²) in [6.07, 6.45) is 7.89. The SMILES string of the molecule is Cc1cc(N2CCN(C(C(=O)C3CCCCC3)C3CCc4ccccc4N3)CC2)c2ccccc2n1. The van der Waals surface area contributed by atoms with Crippen LogP contribution in [-0.4, -0.2) is 53.9 Å². The number of hydrogen-bond acceptors (Lipinski definition) is 5. The predicted molar refractivity (Wildman–Crippen MR) is 148 cm³/mol. The Hall–Kier alpha value is -2.92. The van der Waals surface area contributed by atoms with Crippen LogP contribution in [0.2, 0.25) is 0 Å². The van der Waals surface area contributed by atoms with Crippen LogP contribution in [0, 0.1) is 12.8 Å². The molecule has 1 aromatic heterocycles. The Morgan fingerprint density at radius 2 is 1.69 bits per heavy atom. The number of anilines is 2. The molecule has 2 atom stereocenters. The molecule has 188 valence electrons. The number of benzene rings is 2. The zero-order valence-corrected chi connectivity index (χ0v) is 21.5. The molecule has 1 saturated carbocycles. The number of carbonyl (C=O) groups is 1. The van der Waals surface area contributed by atoms with Crippen molar-refractivity contribution < 1.29 is 4.79 Å². The number of fused-ring (bicyclic) bond motifs is 2. The van der Waals surface area contributed by atoms with Crippen LogP contribution in [0.25, 0.3) is 10.9 Å². The Labute approximate surface area is 214 Å².